The number of hydrogen-bond acceptors (Lipinski definition) is 6. The number of unbranched alkanes of at least 4 members (excludes halogenated alkanes) is 1. The highest BCUT2D eigenvalue weighted by Gasteiger charge is 2.10. The first-order valence-corrected chi connectivity index (χ1v) is 11.5. The molecule has 0 fully saturated rings. The van der Waals surface area contributed by atoms with E-state index >= 15 is 0 Å². The molecule has 0 aromatic heterocycles. The predicted octanol–water partition coefficient (Wildman–Crippen LogP) is 3.15. The summed E-state index contributed by atoms with van der Waals surface area (Å²) in [5, 5.41) is 5.27. The van der Waals surface area contributed by atoms with Crippen LogP contribution in [0.15, 0.2) is 60.7 Å². The fourth-order valence-electron chi connectivity index (χ4n) is 2.39. The molecule has 0 aliphatic heterocycles. The molecule has 158 valence electrons. The lowest BCUT2D eigenvalue weighted by atomic mass is 10.2. The zero-order chi connectivity index (χ0) is 21.6. The first-order valence-electron chi connectivity index (χ1n) is 9.54. The van der Waals surface area contributed by atoms with E-state index in [4.69, 9.17) is 0 Å². The maximum atomic E-state index is 11.9. The molecular formula is C22H24N2O4S2. The van der Waals surface area contributed by atoms with Crippen molar-refractivity contribution in [2.24, 2.45) is 0 Å². The highest BCUT2D eigenvalue weighted by atomic mass is 32.2. The Morgan fingerprint density at radius 3 is 1.33 bits per heavy atom. The Morgan fingerprint density at radius 1 is 0.600 bits per heavy atom. The van der Waals surface area contributed by atoms with Crippen LogP contribution < -0.4 is 10.6 Å². The van der Waals surface area contributed by atoms with E-state index in [0.29, 0.717) is 37.1 Å². The molecule has 0 atom stereocenters. The smallest absolute Gasteiger partial charge is 0.230 e. The van der Waals surface area contributed by atoms with Crippen LogP contribution in [-0.2, 0) is 9.59 Å². The van der Waals surface area contributed by atoms with Gasteiger partial charge in [-0.3, -0.25) is 19.2 Å². The second-order valence-electron chi connectivity index (χ2n) is 6.29. The number of amides is 2. The van der Waals surface area contributed by atoms with Gasteiger partial charge in [0.25, 0.3) is 0 Å². The number of carbonyl (C=O) groups excluding carboxylic acids is 4. The van der Waals surface area contributed by atoms with Crippen LogP contribution in [-0.4, -0.2) is 46.6 Å². The number of carbonyl (C=O) groups is 4. The van der Waals surface area contributed by atoms with Gasteiger partial charge in [-0.05, 0) is 12.8 Å². The molecule has 30 heavy (non-hydrogen) atoms. The maximum Gasteiger partial charge on any atom is 0.230 e. The molecule has 0 radical (unpaired) electrons. The van der Waals surface area contributed by atoms with Crippen molar-refractivity contribution >= 4 is 45.6 Å². The molecular weight excluding hydrogens is 420 g/mol. The maximum absolute atomic E-state index is 11.9. The molecule has 0 unspecified atom stereocenters. The molecule has 0 bridgehead atoms. The molecule has 2 N–H and O–H groups in total. The minimum atomic E-state index is -0.191. The van der Waals surface area contributed by atoms with Crippen LogP contribution in [0.3, 0.4) is 0 Å². The fourth-order valence-corrected chi connectivity index (χ4v) is 3.72. The standard InChI is InChI=1S/C22H24N2O4S2/c25-19(15-29-21(27)17-9-3-1-4-10-17)23-13-7-8-14-24-20(26)16-30-22(28)18-11-5-2-6-12-18/h1-6,9-12H,7-8,13-16H2,(H,23,25)(H,24,26). The summed E-state index contributed by atoms with van der Waals surface area (Å²) in [6.45, 7) is 0.964. The molecule has 2 aromatic carbocycles. The van der Waals surface area contributed by atoms with Crippen molar-refractivity contribution in [2.45, 2.75) is 12.8 Å². The van der Waals surface area contributed by atoms with Crippen LogP contribution in [0.2, 0.25) is 0 Å². The molecule has 2 amide bonds. The van der Waals surface area contributed by atoms with E-state index < -0.39 is 0 Å². The summed E-state index contributed by atoms with van der Waals surface area (Å²) >= 11 is 1.96. The Labute approximate surface area is 184 Å². The van der Waals surface area contributed by atoms with Gasteiger partial charge in [0.1, 0.15) is 0 Å². The van der Waals surface area contributed by atoms with Gasteiger partial charge in [0.2, 0.25) is 22.0 Å². The van der Waals surface area contributed by atoms with Gasteiger partial charge >= 0.3 is 0 Å². The summed E-state index contributed by atoms with van der Waals surface area (Å²) < 4.78 is 0. The molecule has 2 rings (SSSR count). The van der Waals surface area contributed by atoms with Crippen LogP contribution >= 0.6 is 23.5 Å². The Kier molecular flexibility index (Phi) is 10.7. The monoisotopic (exact) mass is 444 g/mol. The molecule has 0 spiro atoms. The number of benzene rings is 2. The molecule has 0 heterocycles. The third-order valence-electron chi connectivity index (χ3n) is 3.94. The normalized spacial score (nSPS) is 10.3. The largest absolute Gasteiger partial charge is 0.355 e. The summed E-state index contributed by atoms with van der Waals surface area (Å²) in [5.41, 5.74) is 1.16. The minimum absolute atomic E-state index is 0.0805. The van der Waals surface area contributed by atoms with E-state index in [1.54, 1.807) is 48.5 Å². The van der Waals surface area contributed by atoms with Crippen molar-refractivity contribution in [3.63, 3.8) is 0 Å². The van der Waals surface area contributed by atoms with Crippen molar-refractivity contribution in [3.05, 3.63) is 71.8 Å². The van der Waals surface area contributed by atoms with Crippen molar-refractivity contribution < 1.29 is 19.2 Å². The van der Waals surface area contributed by atoms with E-state index in [0.717, 1.165) is 23.5 Å². The number of thioether (sulfide) groups is 2. The third kappa shape index (κ3) is 9.28. The van der Waals surface area contributed by atoms with E-state index in [9.17, 15) is 19.2 Å². The van der Waals surface area contributed by atoms with Crippen LogP contribution in [0.1, 0.15) is 33.6 Å². The predicted molar refractivity (Wildman–Crippen MR) is 122 cm³/mol. The Balaban J connectivity index is 1.48. The number of rotatable bonds is 11. The first kappa shape index (κ1) is 23.7. The van der Waals surface area contributed by atoms with Crippen LogP contribution in [0.25, 0.3) is 0 Å². The summed E-state index contributed by atoms with van der Waals surface area (Å²) in [6, 6.07) is 17.7. The van der Waals surface area contributed by atoms with Gasteiger partial charge in [-0.1, -0.05) is 84.2 Å². The SMILES string of the molecule is O=C(CSC(=O)c1ccccc1)NCCCCNC(=O)CSC(=O)c1ccccc1. The molecule has 8 heteroatoms. The van der Waals surface area contributed by atoms with E-state index in [2.05, 4.69) is 10.6 Å². The van der Waals surface area contributed by atoms with Crippen LogP contribution in [0.4, 0.5) is 0 Å². The Hall–Kier alpha value is -2.58. The molecule has 2 aromatic rings. The molecule has 0 saturated carbocycles. The highest BCUT2D eigenvalue weighted by Crippen LogP contribution is 2.12. The number of nitrogens with one attached hydrogen (secondary N) is 2. The van der Waals surface area contributed by atoms with Gasteiger partial charge in [0.15, 0.2) is 0 Å². The Morgan fingerprint density at radius 2 is 0.967 bits per heavy atom. The van der Waals surface area contributed by atoms with Crippen LogP contribution in [0.5, 0.6) is 0 Å². The minimum Gasteiger partial charge on any atom is -0.355 e. The van der Waals surface area contributed by atoms with Crippen molar-refractivity contribution in [1.82, 2.24) is 10.6 Å². The molecule has 0 aliphatic carbocycles. The van der Waals surface area contributed by atoms with Crippen molar-refractivity contribution in [1.29, 1.82) is 0 Å². The summed E-state index contributed by atoms with van der Waals surface area (Å²) in [6.07, 6.45) is 1.42. The van der Waals surface area contributed by atoms with Crippen LogP contribution in [0, 0.1) is 0 Å². The summed E-state index contributed by atoms with van der Waals surface area (Å²) in [4.78, 5) is 47.4. The van der Waals surface area contributed by atoms with E-state index in [-0.39, 0.29) is 33.6 Å². The fraction of sp³-hybridized carbons (Fsp3) is 0.273. The second-order valence-corrected chi connectivity index (χ2v) is 8.19. The average molecular weight is 445 g/mol. The summed E-state index contributed by atoms with van der Waals surface area (Å²) in [5.74, 6) is -0.220. The third-order valence-corrected chi connectivity index (χ3v) is 5.74. The first-order chi connectivity index (χ1) is 14.6. The zero-order valence-electron chi connectivity index (χ0n) is 16.5. The van der Waals surface area contributed by atoms with Gasteiger partial charge < -0.3 is 10.6 Å². The molecule has 6 nitrogen and oxygen atoms in total. The quantitative estimate of drug-likeness (QED) is 0.517. The second kappa shape index (κ2) is 13.6. The van der Waals surface area contributed by atoms with Gasteiger partial charge in [0, 0.05) is 24.2 Å². The van der Waals surface area contributed by atoms with Gasteiger partial charge in [0.05, 0.1) is 11.5 Å². The lowest BCUT2D eigenvalue weighted by Crippen LogP contribution is -2.29. The topological polar surface area (TPSA) is 92.3 Å². The molecule has 0 saturated heterocycles. The Bertz CT molecular complexity index is 773. The number of hydrogen-bond donors (Lipinski definition) is 2. The van der Waals surface area contributed by atoms with Gasteiger partial charge in [-0.25, -0.2) is 0 Å². The molecule has 0 aliphatic rings. The van der Waals surface area contributed by atoms with Crippen molar-refractivity contribution in [3.8, 4) is 0 Å². The average Bonchev–Trinajstić information content (AvgIpc) is 2.79. The lowest BCUT2D eigenvalue weighted by Gasteiger charge is -2.06. The van der Waals surface area contributed by atoms with Crippen molar-refractivity contribution in [2.75, 3.05) is 24.6 Å². The summed E-state index contributed by atoms with van der Waals surface area (Å²) in [7, 11) is 0. The zero-order valence-corrected chi connectivity index (χ0v) is 18.1. The highest BCUT2D eigenvalue weighted by molar-refractivity contribution is 8.14. The van der Waals surface area contributed by atoms with Gasteiger partial charge in [-0.2, -0.15) is 0 Å². The lowest BCUT2D eigenvalue weighted by molar-refractivity contribution is -0.119. The van der Waals surface area contributed by atoms with E-state index in [1.165, 1.54) is 0 Å². The van der Waals surface area contributed by atoms with Gasteiger partial charge in [-0.15, -0.1) is 0 Å². The van der Waals surface area contributed by atoms with E-state index in [1.807, 2.05) is 12.1 Å².